The van der Waals surface area contributed by atoms with Gasteiger partial charge in [-0.1, -0.05) is 30.3 Å². The number of ether oxygens (including phenoxy) is 1. The molecule has 1 amide bonds. The minimum Gasteiger partial charge on any atom is -0.370 e. The molecule has 25 heavy (non-hydrogen) atoms. The maximum absolute atomic E-state index is 12.4. The minimum atomic E-state index is -0.180. The van der Waals surface area contributed by atoms with Gasteiger partial charge in [0.1, 0.15) is 11.9 Å². The molecule has 6 nitrogen and oxygen atoms in total. The van der Waals surface area contributed by atoms with Crippen LogP contribution in [0.25, 0.3) is 0 Å². The highest BCUT2D eigenvalue weighted by atomic mass is 16.5. The molecule has 130 valence electrons. The van der Waals surface area contributed by atoms with Crippen molar-refractivity contribution in [3.8, 4) is 0 Å². The molecule has 0 radical (unpaired) electrons. The summed E-state index contributed by atoms with van der Waals surface area (Å²) in [4.78, 5) is 24.4. The van der Waals surface area contributed by atoms with Gasteiger partial charge >= 0.3 is 0 Å². The van der Waals surface area contributed by atoms with E-state index in [9.17, 15) is 4.79 Å². The number of nitrogens with zero attached hydrogens (tertiary/aromatic N) is 4. The molecular formula is C19H22N4O2. The van der Waals surface area contributed by atoms with Crippen LogP contribution >= 0.6 is 0 Å². The summed E-state index contributed by atoms with van der Waals surface area (Å²) in [5.41, 5.74) is 1.66. The Kier molecular flexibility index (Phi) is 4.23. The van der Waals surface area contributed by atoms with Crippen molar-refractivity contribution in [3.05, 3.63) is 60.2 Å². The van der Waals surface area contributed by atoms with E-state index in [0.717, 1.165) is 19.6 Å². The number of benzene rings is 1. The van der Waals surface area contributed by atoms with Gasteiger partial charge in [-0.3, -0.25) is 9.69 Å². The summed E-state index contributed by atoms with van der Waals surface area (Å²) in [6, 6.07) is 10.9. The number of carbonyl (C=O) groups is 1. The van der Waals surface area contributed by atoms with Gasteiger partial charge in [-0.05, 0) is 19.0 Å². The third-order valence-electron chi connectivity index (χ3n) is 5.14. The van der Waals surface area contributed by atoms with E-state index in [0.29, 0.717) is 24.7 Å². The second-order valence-corrected chi connectivity index (χ2v) is 7.04. The molecule has 0 N–H and O–H groups in total. The molecule has 0 aliphatic carbocycles. The SMILES string of the molecule is CN(Cc1ccccc1)C1COC2(C1)CN(C(=O)c1cncnc1)C2. The molecule has 0 saturated carbocycles. The fraction of sp³-hybridized carbons (Fsp3) is 0.421. The lowest BCUT2D eigenvalue weighted by molar-refractivity contribution is -0.0950. The van der Waals surface area contributed by atoms with E-state index in [1.807, 2.05) is 11.0 Å². The Bertz CT molecular complexity index is 732. The predicted octanol–water partition coefficient (Wildman–Crippen LogP) is 1.59. The van der Waals surface area contributed by atoms with Crippen molar-refractivity contribution in [2.45, 2.75) is 24.6 Å². The topological polar surface area (TPSA) is 58.6 Å². The van der Waals surface area contributed by atoms with Crippen LogP contribution in [0.2, 0.25) is 0 Å². The summed E-state index contributed by atoms with van der Waals surface area (Å²) >= 11 is 0. The van der Waals surface area contributed by atoms with Crippen LogP contribution in [-0.2, 0) is 11.3 Å². The second-order valence-electron chi connectivity index (χ2n) is 7.04. The molecule has 0 bridgehead atoms. The van der Waals surface area contributed by atoms with Crippen LogP contribution in [0.3, 0.4) is 0 Å². The summed E-state index contributed by atoms with van der Waals surface area (Å²) in [6.45, 7) is 2.93. The van der Waals surface area contributed by atoms with Gasteiger partial charge in [-0.15, -0.1) is 0 Å². The van der Waals surface area contributed by atoms with Crippen LogP contribution < -0.4 is 0 Å². The fourth-order valence-electron chi connectivity index (χ4n) is 3.71. The number of carbonyl (C=O) groups excluding carboxylic acids is 1. The first-order valence-corrected chi connectivity index (χ1v) is 8.58. The highest BCUT2D eigenvalue weighted by Crippen LogP contribution is 2.37. The molecule has 6 heteroatoms. The molecule has 3 heterocycles. The molecule has 2 aliphatic heterocycles. The average molecular weight is 338 g/mol. The van der Waals surface area contributed by atoms with Crippen molar-refractivity contribution in [1.29, 1.82) is 0 Å². The lowest BCUT2D eigenvalue weighted by atomic mass is 9.88. The molecule has 2 saturated heterocycles. The van der Waals surface area contributed by atoms with Crippen LogP contribution in [0.15, 0.2) is 49.1 Å². The zero-order valence-corrected chi connectivity index (χ0v) is 14.3. The van der Waals surface area contributed by atoms with Gasteiger partial charge in [0.25, 0.3) is 5.91 Å². The average Bonchev–Trinajstić information content (AvgIpc) is 3.07. The maximum atomic E-state index is 12.4. The molecule has 1 unspecified atom stereocenters. The third kappa shape index (κ3) is 3.27. The monoisotopic (exact) mass is 338 g/mol. The van der Waals surface area contributed by atoms with E-state index in [2.05, 4.69) is 46.2 Å². The van der Waals surface area contributed by atoms with Crippen LogP contribution in [0.5, 0.6) is 0 Å². The number of aromatic nitrogens is 2. The van der Waals surface area contributed by atoms with Gasteiger partial charge in [0.15, 0.2) is 0 Å². The Balaban J connectivity index is 1.32. The standard InChI is InChI=1S/C19H22N4O2/c1-22(10-15-5-3-2-4-6-15)17-7-19(25-11-17)12-23(13-19)18(24)16-8-20-14-21-9-16/h2-6,8-9,14,17H,7,10-13H2,1H3. The van der Waals surface area contributed by atoms with Crippen molar-refractivity contribution >= 4 is 5.91 Å². The van der Waals surface area contributed by atoms with Crippen molar-refractivity contribution in [3.63, 3.8) is 0 Å². The first-order valence-electron chi connectivity index (χ1n) is 8.58. The van der Waals surface area contributed by atoms with Crippen molar-refractivity contribution in [2.24, 2.45) is 0 Å². The number of rotatable bonds is 4. The summed E-state index contributed by atoms with van der Waals surface area (Å²) in [5, 5.41) is 0. The molecule has 2 fully saturated rings. The molecule has 4 rings (SSSR count). The maximum Gasteiger partial charge on any atom is 0.257 e. The van der Waals surface area contributed by atoms with Crippen molar-refractivity contribution in [1.82, 2.24) is 19.8 Å². The summed E-state index contributed by atoms with van der Waals surface area (Å²) < 4.78 is 6.10. The Hall–Kier alpha value is -2.31. The van der Waals surface area contributed by atoms with Crippen LogP contribution in [-0.4, -0.2) is 64.1 Å². The van der Waals surface area contributed by atoms with Crippen LogP contribution in [0, 0.1) is 0 Å². The van der Waals surface area contributed by atoms with E-state index < -0.39 is 0 Å². The normalized spacial score (nSPS) is 21.5. The van der Waals surface area contributed by atoms with E-state index in [4.69, 9.17) is 4.74 Å². The number of amides is 1. The molecule has 1 aromatic heterocycles. The lowest BCUT2D eigenvalue weighted by Gasteiger charge is -2.47. The molecular weight excluding hydrogens is 316 g/mol. The van der Waals surface area contributed by atoms with Gasteiger partial charge < -0.3 is 9.64 Å². The highest BCUT2D eigenvalue weighted by molar-refractivity contribution is 5.94. The third-order valence-corrected chi connectivity index (χ3v) is 5.14. The summed E-state index contributed by atoms with van der Waals surface area (Å²) in [6.07, 6.45) is 5.52. The van der Waals surface area contributed by atoms with Gasteiger partial charge in [0.05, 0.1) is 25.3 Å². The van der Waals surface area contributed by atoms with Crippen molar-refractivity contribution in [2.75, 3.05) is 26.7 Å². The predicted molar refractivity (Wildman–Crippen MR) is 92.9 cm³/mol. The molecule has 1 atom stereocenters. The lowest BCUT2D eigenvalue weighted by Crippen LogP contribution is -2.63. The van der Waals surface area contributed by atoms with Gasteiger partial charge in [0, 0.05) is 25.0 Å². The Morgan fingerprint density at radius 3 is 2.72 bits per heavy atom. The first kappa shape index (κ1) is 16.2. The minimum absolute atomic E-state index is 0.0177. The largest absolute Gasteiger partial charge is 0.370 e. The molecule has 2 aromatic rings. The number of hydrogen-bond acceptors (Lipinski definition) is 5. The Labute approximate surface area is 147 Å². The van der Waals surface area contributed by atoms with E-state index in [1.54, 1.807) is 12.4 Å². The van der Waals surface area contributed by atoms with Crippen LogP contribution in [0.4, 0.5) is 0 Å². The zero-order chi connectivity index (χ0) is 17.3. The number of hydrogen-bond donors (Lipinski definition) is 0. The quantitative estimate of drug-likeness (QED) is 0.847. The Morgan fingerprint density at radius 2 is 2.00 bits per heavy atom. The van der Waals surface area contributed by atoms with Gasteiger partial charge in [0.2, 0.25) is 0 Å². The van der Waals surface area contributed by atoms with Crippen LogP contribution in [0.1, 0.15) is 22.3 Å². The smallest absolute Gasteiger partial charge is 0.257 e. The van der Waals surface area contributed by atoms with E-state index in [-0.39, 0.29) is 11.5 Å². The molecule has 1 aromatic carbocycles. The summed E-state index contributed by atoms with van der Waals surface area (Å²) in [5.74, 6) is -0.0177. The zero-order valence-electron chi connectivity index (χ0n) is 14.3. The Morgan fingerprint density at radius 1 is 1.28 bits per heavy atom. The highest BCUT2D eigenvalue weighted by Gasteiger charge is 2.52. The number of likely N-dealkylation sites (tertiary alicyclic amines) is 1. The second kappa shape index (κ2) is 6.54. The number of likely N-dealkylation sites (N-methyl/N-ethyl adjacent to an activating group) is 1. The van der Waals surface area contributed by atoms with Crippen molar-refractivity contribution < 1.29 is 9.53 Å². The summed E-state index contributed by atoms with van der Waals surface area (Å²) in [7, 11) is 2.14. The van der Waals surface area contributed by atoms with Gasteiger partial charge in [-0.2, -0.15) is 0 Å². The first-order chi connectivity index (χ1) is 12.2. The molecule has 2 aliphatic rings. The fourth-order valence-corrected chi connectivity index (χ4v) is 3.71. The molecule has 1 spiro atoms. The van der Waals surface area contributed by atoms with E-state index in [1.165, 1.54) is 11.9 Å². The van der Waals surface area contributed by atoms with Gasteiger partial charge in [-0.25, -0.2) is 9.97 Å². The van der Waals surface area contributed by atoms with E-state index >= 15 is 0 Å².